The molecule has 1 saturated heterocycles. The highest BCUT2D eigenvalue weighted by atomic mass is 32.1. The van der Waals surface area contributed by atoms with Crippen molar-refractivity contribution in [1.29, 1.82) is 0 Å². The Labute approximate surface area is 198 Å². The maximum absolute atomic E-state index is 13.1. The standard InChI is InChI=1S/C26H28N4O2S/c31-22(20-16-18-4-3-10-30-24(32)8-7-19(17-20)25(18)30)9-11-28-12-14-29(15-13-28)26-21-5-1-2-6-23(21)33-27-26/h1-2,5-6,16-17H,3-4,7-15H2. The number of aryl methyl sites for hydroxylation is 2. The second-order valence-corrected chi connectivity index (χ2v) is 10.1. The first-order valence-electron chi connectivity index (χ1n) is 12.0. The monoisotopic (exact) mass is 460 g/mol. The van der Waals surface area contributed by atoms with Gasteiger partial charge in [0.15, 0.2) is 5.78 Å². The van der Waals surface area contributed by atoms with Gasteiger partial charge in [-0.1, -0.05) is 12.1 Å². The molecule has 4 heterocycles. The first-order chi connectivity index (χ1) is 16.2. The van der Waals surface area contributed by atoms with E-state index in [9.17, 15) is 9.59 Å². The first kappa shape index (κ1) is 20.8. The number of amides is 1. The zero-order valence-electron chi connectivity index (χ0n) is 18.8. The van der Waals surface area contributed by atoms with Crippen LogP contribution in [0.15, 0.2) is 36.4 Å². The first-order valence-corrected chi connectivity index (χ1v) is 12.8. The lowest BCUT2D eigenvalue weighted by molar-refractivity contribution is -0.119. The molecule has 0 bridgehead atoms. The van der Waals surface area contributed by atoms with Crippen molar-refractivity contribution < 1.29 is 9.59 Å². The van der Waals surface area contributed by atoms with Crippen LogP contribution < -0.4 is 9.80 Å². The molecule has 3 aromatic rings. The molecule has 3 aliphatic heterocycles. The van der Waals surface area contributed by atoms with Gasteiger partial charge in [-0.2, -0.15) is 4.37 Å². The number of anilines is 2. The number of Topliss-reactive ketones (excluding diaryl/α,β-unsaturated/α-hetero) is 1. The molecular formula is C26H28N4O2S. The Balaban J connectivity index is 1.08. The fraction of sp³-hybridized carbons (Fsp3) is 0.423. The lowest BCUT2D eigenvalue weighted by Crippen LogP contribution is -2.47. The van der Waals surface area contributed by atoms with E-state index in [-0.39, 0.29) is 11.7 Å². The summed E-state index contributed by atoms with van der Waals surface area (Å²) in [5, 5.41) is 1.24. The van der Waals surface area contributed by atoms with Gasteiger partial charge in [-0.05, 0) is 66.2 Å². The minimum atomic E-state index is 0.219. The highest BCUT2D eigenvalue weighted by Gasteiger charge is 2.30. The highest BCUT2D eigenvalue weighted by Crippen LogP contribution is 2.37. The minimum Gasteiger partial charge on any atom is -0.353 e. The number of piperazine rings is 1. The Bertz CT molecular complexity index is 1210. The van der Waals surface area contributed by atoms with Gasteiger partial charge in [0.1, 0.15) is 5.82 Å². The summed E-state index contributed by atoms with van der Waals surface area (Å²) in [5.41, 5.74) is 4.28. The maximum atomic E-state index is 13.1. The van der Waals surface area contributed by atoms with E-state index in [2.05, 4.69) is 46.2 Å². The SMILES string of the molecule is O=C(CCN1CCN(c2nsc3ccccc23)CC1)c1cc2c3c(c1)CCC(=O)N3CCC2. The van der Waals surface area contributed by atoms with Crippen molar-refractivity contribution in [2.45, 2.75) is 32.1 Å². The maximum Gasteiger partial charge on any atom is 0.227 e. The van der Waals surface area contributed by atoms with Crippen molar-refractivity contribution >= 4 is 44.8 Å². The van der Waals surface area contributed by atoms with Crippen LogP contribution in [0, 0.1) is 0 Å². The normalized spacial score (nSPS) is 18.6. The summed E-state index contributed by atoms with van der Waals surface area (Å²) in [5.74, 6) is 1.55. The summed E-state index contributed by atoms with van der Waals surface area (Å²) in [7, 11) is 0. The van der Waals surface area contributed by atoms with Gasteiger partial charge in [0.05, 0.1) is 10.4 Å². The third kappa shape index (κ3) is 3.83. The average Bonchev–Trinajstić information content (AvgIpc) is 3.29. The topological polar surface area (TPSA) is 56.8 Å². The van der Waals surface area contributed by atoms with Crippen molar-refractivity contribution in [3.8, 4) is 0 Å². The molecule has 1 fully saturated rings. The van der Waals surface area contributed by atoms with E-state index in [0.717, 1.165) is 75.6 Å². The Kier molecular flexibility index (Phi) is 5.38. The fourth-order valence-electron chi connectivity index (χ4n) is 5.50. The van der Waals surface area contributed by atoms with Crippen LogP contribution in [-0.4, -0.2) is 60.2 Å². The Morgan fingerprint density at radius 3 is 2.61 bits per heavy atom. The second-order valence-electron chi connectivity index (χ2n) is 9.30. The molecule has 0 spiro atoms. The molecule has 1 amide bonds. The van der Waals surface area contributed by atoms with E-state index >= 15 is 0 Å². The van der Waals surface area contributed by atoms with Crippen LogP contribution in [0.5, 0.6) is 0 Å². The number of fused-ring (bicyclic) bond motifs is 1. The molecule has 1 aromatic heterocycles. The third-order valence-electron chi connectivity index (χ3n) is 7.28. The number of ketones is 1. The van der Waals surface area contributed by atoms with Crippen molar-refractivity contribution in [1.82, 2.24) is 9.27 Å². The lowest BCUT2D eigenvalue weighted by atomic mass is 9.88. The molecule has 0 N–H and O–H groups in total. The predicted molar refractivity (Wildman–Crippen MR) is 133 cm³/mol. The predicted octanol–water partition coefficient (Wildman–Crippen LogP) is 3.92. The molecule has 3 aliphatic rings. The summed E-state index contributed by atoms with van der Waals surface area (Å²) in [6, 6.07) is 12.5. The summed E-state index contributed by atoms with van der Waals surface area (Å²) in [4.78, 5) is 32.1. The van der Waals surface area contributed by atoms with E-state index in [4.69, 9.17) is 4.37 Å². The van der Waals surface area contributed by atoms with Gasteiger partial charge >= 0.3 is 0 Å². The number of carbonyl (C=O) groups excluding carboxylic acids is 2. The number of carbonyl (C=O) groups is 2. The van der Waals surface area contributed by atoms with Crippen LogP contribution >= 0.6 is 11.5 Å². The van der Waals surface area contributed by atoms with Crippen molar-refractivity contribution in [3.05, 3.63) is 53.1 Å². The van der Waals surface area contributed by atoms with E-state index in [1.54, 1.807) is 11.5 Å². The van der Waals surface area contributed by atoms with Crippen LogP contribution in [0.4, 0.5) is 11.5 Å². The number of hydrogen-bond donors (Lipinski definition) is 0. The molecule has 0 aliphatic carbocycles. The molecule has 6 rings (SSSR count). The number of aromatic nitrogens is 1. The molecule has 0 atom stereocenters. The highest BCUT2D eigenvalue weighted by molar-refractivity contribution is 7.13. The Morgan fingerprint density at radius 2 is 1.76 bits per heavy atom. The number of nitrogens with zero attached hydrogens (tertiary/aromatic N) is 4. The Hall–Kier alpha value is -2.77. The van der Waals surface area contributed by atoms with Gasteiger partial charge in [0.25, 0.3) is 0 Å². The molecule has 0 radical (unpaired) electrons. The molecule has 170 valence electrons. The molecular weight excluding hydrogens is 432 g/mol. The summed E-state index contributed by atoms with van der Waals surface area (Å²) < 4.78 is 5.93. The van der Waals surface area contributed by atoms with Gasteiger partial charge < -0.3 is 9.80 Å². The zero-order chi connectivity index (χ0) is 22.4. The zero-order valence-corrected chi connectivity index (χ0v) is 19.6. The molecule has 2 aromatic carbocycles. The molecule has 33 heavy (non-hydrogen) atoms. The van der Waals surface area contributed by atoms with Crippen LogP contribution in [-0.2, 0) is 17.6 Å². The largest absolute Gasteiger partial charge is 0.353 e. The summed E-state index contributed by atoms with van der Waals surface area (Å²) in [6.07, 6.45) is 3.80. The smallest absolute Gasteiger partial charge is 0.227 e. The van der Waals surface area contributed by atoms with Gasteiger partial charge in [-0.15, -0.1) is 0 Å². The lowest BCUT2D eigenvalue weighted by Gasteiger charge is -2.36. The molecule has 0 saturated carbocycles. The van der Waals surface area contributed by atoms with Crippen molar-refractivity contribution in [2.24, 2.45) is 0 Å². The van der Waals surface area contributed by atoms with Gasteiger partial charge in [0, 0.05) is 63.1 Å². The molecule has 7 heteroatoms. The van der Waals surface area contributed by atoms with Crippen LogP contribution in [0.3, 0.4) is 0 Å². The average molecular weight is 461 g/mol. The third-order valence-corrected chi connectivity index (χ3v) is 8.10. The molecule has 0 unspecified atom stereocenters. The van der Waals surface area contributed by atoms with Crippen LogP contribution in [0.2, 0.25) is 0 Å². The van der Waals surface area contributed by atoms with Gasteiger partial charge in [0.2, 0.25) is 5.91 Å². The molecule has 6 nitrogen and oxygen atoms in total. The number of benzene rings is 2. The number of hydrogen-bond acceptors (Lipinski definition) is 6. The van der Waals surface area contributed by atoms with E-state index in [1.807, 2.05) is 4.90 Å². The summed E-state index contributed by atoms with van der Waals surface area (Å²) in [6.45, 7) is 5.39. The van der Waals surface area contributed by atoms with Crippen LogP contribution in [0.1, 0.15) is 40.7 Å². The van der Waals surface area contributed by atoms with E-state index < -0.39 is 0 Å². The van der Waals surface area contributed by atoms with Crippen molar-refractivity contribution in [2.75, 3.05) is 49.1 Å². The van der Waals surface area contributed by atoms with Crippen molar-refractivity contribution in [3.63, 3.8) is 0 Å². The van der Waals surface area contributed by atoms with E-state index in [1.165, 1.54) is 21.2 Å². The van der Waals surface area contributed by atoms with E-state index in [0.29, 0.717) is 12.8 Å². The quantitative estimate of drug-likeness (QED) is 0.540. The number of rotatable bonds is 5. The fourth-order valence-corrected chi connectivity index (χ4v) is 6.30. The van der Waals surface area contributed by atoms with Gasteiger partial charge in [-0.25, -0.2) is 0 Å². The second kappa shape index (κ2) is 8.54. The summed E-state index contributed by atoms with van der Waals surface area (Å²) >= 11 is 1.57. The minimum absolute atomic E-state index is 0.219. The Morgan fingerprint density at radius 1 is 0.970 bits per heavy atom. The van der Waals surface area contributed by atoms with Gasteiger partial charge in [-0.3, -0.25) is 14.5 Å². The van der Waals surface area contributed by atoms with Crippen LogP contribution in [0.25, 0.3) is 10.1 Å².